The zero-order chi connectivity index (χ0) is 12.8. The number of fused-ring (bicyclic) bond motifs is 1. The fourth-order valence-electron chi connectivity index (χ4n) is 1.57. The van der Waals surface area contributed by atoms with Crippen LogP contribution in [0.4, 0.5) is 0 Å². The van der Waals surface area contributed by atoms with E-state index in [-0.39, 0.29) is 5.91 Å². The third kappa shape index (κ3) is 3.54. The van der Waals surface area contributed by atoms with Crippen LogP contribution in [-0.2, 0) is 4.74 Å². The van der Waals surface area contributed by atoms with Crippen LogP contribution in [0.1, 0.15) is 9.67 Å². The van der Waals surface area contributed by atoms with Crippen LogP contribution < -0.4 is 5.32 Å². The molecule has 0 saturated carbocycles. The maximum Gasteiger partial charge on any atom is 0.261 e. The molecule has 1 heterocycles. The Morgan fingerprint density at radius 1 is 1.33 bits per heavy atom. The Morgan fingerprint density at radius 3 is 2.94 bits per heavy atom. The molecule has 0 atom stereocenters. The van der Waals surface area contributed by atoms with Crippen molar-refractivity contribution in [3.05, 3.63) is 35.2 Å². The number of rotatable bonds is 6. The van der Waals surface area contributed by atoms with Gasteiger partial charge in [-0.15, -0.1) is 11.3 Å². The number of halogens is 1. The van der Waals surface area contributed by atoms with Gasteiger partial charge in [0.15, 0.2) is 0 Å². The first-order valence-electron chi connectivity index (χ1n) is 5.72. The average molecular weight is 328 g/mol. The van der Waals surface area contributed by atoms with Crippen LogP contribution in [0.2, 0.25) is 0 Å². The largest absolute Gasteiger partial charge is 0.379 e. The number of ether oxygens (including phenoxy) is 1. The van der Waals surface area contributed by atoms with E-state index in [1.807, 2.05) is 30.3 Å². The molecule has 3 nitrogen and oxygen atoms in total. The lowest BCUT2D eigenvalue weighted by Gasteiger charge is -2.03. The zero-order valence-electron chi connectivity index (χ0n) is 9.82. The van der Waals surface area contributed by atoms with Gasteiger partial charge in [0.1, 0.15) is 0 Å². The Labute approximate surface area is 118 Å². The summed E-state index contributed by atoms with van der Waals surface area (Å²) in [6.45, 7) is 1.75. The van der Waals surface area contributed by atoms with Gasteiger partial charge in [0.25, 0.3) is 5.91 Å². The predicted molar refractivity (Wildman–Crippen MR) is 78.8 cm³/mol. The summed E-state index contributed by atoms with van der Waals surface area (Å²) in [5.74, 6) is -0.0290. The topological polar surface area (TPSA) is 38.3 Å². The molecule has 18 heavy (non-hydrogen) atoms. The van der Waals surface area contributed by atoms with Crippen molar-refractivity contribution in [2.75, 3.05) is 25.1 Å². The minimum atomic E-state index is -0.0290. The molecular formula is C13H14BrNO2S. The van der Waals surface area contributed by atoms with E-state index in [1.54, 1.807) is 0 Å². The van der Waals surface area contributed by atoms with Crippen molar-refractivity contribution in [1.82, 2.24) is 5.32 Å². The highest BCUT2D eigenvalue weighted by atomic mass is 79.9. The minimum Gasteiger partial charge on any atom is -0.379 e. The quantitative estimate of drug-likeness (QED) is 0.654. The maximum absolute atomic E-state index is 11.9. The van der Waals surface area contributed by atoms with Crippen LogP contribution in [-0.4, -0.2) is 31.0 Å². The van der Waals surface area contributed by atoms with Crippen molar-refractivity contribution in [1.29, 1.82) is 0 Å². The van der Waals surface area contributed by atoms with Crippen LogP contribution in [0, 0.1) is 0 Å². The molecule has 1 aromatic carbocycles. The van der Waals surface area contributed by atoms with Crippen molar-refractivity contribution < 1.29 is 9.53 Å². The summed E-state index contributed by atoms with van der Waals surface area (Å²) in [5.41, 5.74) is 0. The molecule has 96 valence electrons. The van der Waals surface area contributed by atoms with Gasteiger partial charge in [0.2, 0.25) is 0 Å². The van der Waals surface area contributed by atoms with Gasteiger partial charge >= 0.3 is 0 Å². The van der Waals surface area contributed by atoms with Gasteiger partial charge in [-0.05, 0) is 17.5 Å². The molecule has 0 unspecified atom stereocenters. The monoisotopic (exact) mass is 327 g/mol. The lowest BCUT2D eigenvalue weighted by Crippen LogP contribution is -2.26. The van der Waals surface area contributed by atoms with Crippen LogP contribution in [0.5, 0.6) is 0 Å². The van der Waals surface area contributed by atoms with Gasteiger partial charge in [0, 0.05) is 16.6 Å². The number of hydrogen-bond donors (Lipinski definition) is 1. The molecule has 5 heteroatoms. The summed E-state index contributed by atoms with van der Waals surface area (Å²) in [7, 11) is 0. The molecule has 0 radical (unpaired) electrons. The molecule has 0 bridgehead atoms. The molecule has 1 N–H and O–H groups in total. The SMILES string of the molecule is O=C(NCCOCCBr)c1cc2ccccc2s1. The number of amides is 1. The van der Waals surface area contributed by atoms with E-state index in [4.69, 9.17) is 4.74 Å². The summed E-state index contributed by atoms with van der Waals surface area (Å²) in [6, 6.07) is 9.92. The summed E-state index contributed by atoms with van der Waals surface area (Å²) >= 11 is 4.79. The summed E-state index contributed by atoms with van der Waals surface area (Å²) < 4.78 is 6.41. The number of carbonyl (C=O) groups excluding carboxylic acids is 1. The number of carbonyl (C=O) groups is 1. The highest BCUT2D eigenvalue weighted by Gasteiger charge is 2.08. The Bertz CT molecular complexity index is 493. The van der Waals surface area contributed by atoms with E-state index in [9.17, 15) is 4.79 Å². The summed E-state index contributed by atoms with van der Waals surface area (Å²) in [4.78, 5) is 12.6. The highest BCUT2D eigenvalue weighted by Crippen LogP contribution is 2.24. The second kappa shape index (κ2) is 6.87. The van der Waals surface area contributed by atoms with Gasteiger partial charge in [-0.25, -0.2) is 0 Å². The van der Waals surface area contributed by atoms with Crippen molar-refractivity contribution >= 4 is 43.3 Å². The van der Waals surface area contributed by atoms with Gasteiger partial charge in [-0.2, -0.15) is 0 Å². The van der Waals surface area contributed by atoms with Gasteiger partial charge < -0.3 is 10.1 Å². The average Bonchev–Trinajstić information content (AvgIpc) is 2.82. The van der Waals surface area contributed by atoms with E-state index >= 15 is 0 Å². The van der Waals surface area contributed by atoms with Crippen molar-refractivity contribution in [2.45, 2.75) is 0 Å². The van der Waals surface area contributed by atoms with Crippen LogP contribution in [0.15, 0.2) is 30.3 Å². The van der Waals surface area contributed by atoms with Crippen molar-refractivity contribution in [3.63, 3.8) is 0 Å². The number of hydrogen-bond acceptors (Lipinski definition) is 3. The number of alkyl halides is 1. The smallest absolute Gasteiger partial charge is 0.261 e. The first kappa shape index (κ1) is 13.5. The fourth-order valence-corrected chi connectivity index (χ4v) is 2.78. The van der Waals surface area contributed by atoms with Crippen LogP contribution in [0.25, 0.3) is 10.1 Å². The Kier molecular flexibility index (Phi) is 5.16. The van der Waals surface area contributed by atoms with E-state index in [0.29, 0.717) is 19.8 Å². The highest BCUT2D eigenvalue weighted by molar-refractivity contribution is 9.09. The summed E-state index contributed by atoms with van der Waals surface area (Å²) in [6.07, 6.45) is 0. The van der Waals surface area contributed by atoms with Crippen LogP contribution >= 0.6 is 27.3 Å². The zero-order valence-corrected chi connectivity index (χ0v) is 12.2. The van der Waals surface area contributed by atoms with Gasteiger partial charge in [0.05, 0.1) is 18.1 Å². The minimum absolute atomic E-state index is 0.0290. The second-order valence-corrected chi connectivity index (χ2v) is 5.58. The van der Waals surface area contributed by atoms with Crippen molar-refractivity contribution in [3.8, 4) is 0 Å². The first-order chi connectivity index (χ1) is 8.81. The Hall–Kier alpha value is -0.910. The van der Waals surface area contributed by atoms with Crippen molar-refractivity contribution in [2.24, 2.45) is 0 Å². The first-order valence-corrected chi connectivity index (χ1v) is 7.65. The van der Waals surface area contributed by atoms with E-state index in [0.717, 1.165) is 20.3 Å². The standard InChI is InChI=1S/C13H14BrNO2S/c14-5-7-17-8-6-15-13(16)12-9-10-3-1-2-4-11(10)18-12/h1-4,9H,5-8H2,(H,15,16). The molecule has 0 spiro atoms. The number of benzene rings is 1. The van der Waals surface area contributed by atoms with E-state index in [2.05, 4.69) is 21.2 Å². The molecule has 0 aliphatic rings. The summed E-state index contributed by atoms with van der Waals surface area (Å²) in [5, 5.41) is 4.78. The Morgan fingerprint density at radius 2 is 2.17 bits per heavy atom. The molecule has 1 aromatic heterocycles. The molecule has 0 aliphatic carbocycles. The number of nitrogens with one attached hydrogen (secondary N) is 1. The van der Waals surface area contributed by atoms with Gasteiger partial charge in [-0.3, -0.25) is 4.79 Å². The maximum atomic E-state index is 11.9. The molecule has 2 rings (SSSR count). The molecule has 2 aromatic rings. The molecule has 0 saturated heterocycles. The van der Waals surface area contributed by atoms with Gasteiger partial charge in [-0.1, -0.05) is 34.1 Å². The molecular weight excluding hydrogens is 314 g/mol. The third-order valence-electron chi connectivity index (χ3n) is 2.40. The lowest BCUT2D eigenvalue weighted by molar-refractivity contribution is 0.0928. The van der Waals surface area contributed by atoms with E-state index < -0.39 is 0 Å². The van der Waals surface area contributed by atoms with Crippen LogP contribution in [0.3, 0.4) is 0 Å². The third-order valence-corrected chi connectivity index (χ3v) is 3.84. The van der Waals surface area contributed by atoms with E-state index in [1.165, 1.54) is 11.3 Å². The second-order valence-electron chi connectivity index (χ2n) is 3.71. The lowest BCUT2D eigenvalue weighted by atomic mass is 10.2. The predicted octanol–water partition coefficient (Wildman–Crippen LogP) is 3.04. The number of thiophene rings is 1. The molecule has 0 fully saturated rings. The molecule has 1 amide bonds. The molecule has 0 aliphatic heterocycles. The normalized spacial score (nSPS) is 10.7. The Balaban J connectivity index is 1.88. The fraction of sp³-hybridized carbons (Fsp3) is 0.308.